The zero-order valence-electron chi connectivity index (χ0n) is 17.6. The van der Waals surface area contributed by atoms with Crippen LogP contribution in [0.5, 0.6) is 17.2 Å². The molecule has 1 aromatic heterocycles. The second-order valence-corrected chi connectivity index (χ2v) is 7.62. The third-order valence-corrected chi connectivity index (χ3v) is 5.69. The van der Waals surface area contributed by atoms with E-state index in [-0.39, 0.29) is 23.6 Å². The number of hydrogen-bond donors (Lipinski definition) is 2. The molecule has 2 heterocycles. The highest BCUT2D eigenvalue weighted by Gasteiger charge is 2.36. The Morgan fingerprint density at radius 3 is 2.50 bits per heavy atom. The third kappa shape index (κ3) is 3.52. The minimum absolute atomic E-state index is 0.0162. The number of amides is 1. The van der Waals surface area contributed by atoms with Gasteiger partial charge >= 0.3 is 5.97 Å². The Morgan fingerprint density at radius 2 is 1.88 bits per heavy atom. The summed E-state index contributed by atoms with van der Waals surface area (Å²) in [5, 5.41) is 13.0. The van der Waals surface area contributed by atoms with Crippen molar-refractivity contribution < 1.29 is 28.9 Å². The quantitative estimate of drug-likeness (QED) is 0.572. The molecule has 0 fully saturated rings. The number of carboxylic acids is 1. The average molecular weight is 457 g/mol. The number of nitrogens with one attached hydrogen (secondary N) is 1. The molecule has 1 unspecified atom stereocenters. The summed E-state index contributed by atoms with van der Waals surface area (Å²) < 4.78 is 18.3. The first-order valence-electron chi connectivity index (χ1n) is 9.72. The van der Waals surface area contributed by atoms with E-state index in [1.165, 1.54) is 27.5 Å². The van der Waals surface area contributed by atoms with E-state index in [1.54, 1.807) is 34.9 Å². The van der Waals surface area contributed by atoms with E-state index in [1.807, 2.05) is 6.07 Å². The fourth-order valence-corrected chi connectivity index (χ4v) is 4.31. The maximum Gasteiger partial charge on any atom is 0.339 e. The minimum atomic E-state index is -1.15. The van der Waals surface area contributed by atoms with Gasteiger partial charge in [-0.3, -0.25) is 4.79 Å². The molecule has 1 amide bonds. The topological polar surface area (TPSA) is 99.0 Å². The summed E-state index contributed by atoms with van der Waals surface area (Å²) in [7, 11) is 4.52. The molecule has 166 valence electrons. The van der Waals surface area contributed by atoms with Crippen LogP contribution in [-0.4, -0.2) is 42.9 Å². The van der Waals surface area contributed by atoms with Crippen molar-refractivity contribution in [3.8, 4) is 22.9 Å². The van der Waals surface area contributed by atoms with E-state index < -0.39 is 11.9 Å². The van der Waals surface area contributed by atoms with Gasteiger partial charge in [0, 0.05) is 34.8 Å². The number of methoxy groups -OCH3 is 3. The molecular weight excluding hydrogens is 436 g/mol. The zero-order valence-corrected chi connectivity index (χ0v) is 18.4. The van der Waals surface area contributed by atoms with Gasteiger partial charge < -0.3 is 29.2 Å². The van der Waals surface area contributed by atoms with Gasteiger partial charge in [0.15, 0.2) is 11.5 Å². The second kappa shape index (κ2) is 8.47. The number of aromatic carboxylic acids is 1. The van der Waals surface area contributed by atoms with Crippen molar-refractivity contribution in [2.24, 2.45) is 0 Å². The lowest BCUT2D eigenvalue weighted by molar-refractivity contribution is -0.116. The fourth-order valence-electron chi connectivity index (χ4n) is 4.13. The number of anilines is 1. The molecule has 8 nitrogen and oxygen atoms in total. The van der Waals surface area contributed by atoms with Crippen LogP contribution in [0.2, 0.25) is 5.02 Å². The van der Waals surface area contributed by atoms with Crippen LogP contribution in [0.3, 0.4) is 0 Å². The van der Waals surface area contributed by atoms with Crippen molar-refractivity contribution >= 4 is 29.2 Å². The molecule has 3 aromatic rings. The molecule has 2 aromatic carbocycles. The first kappa shape index (κ1) is 21.6. The van der Waals surface area contributed by atoms with Gasteiger partial charge in [-0.15, -0.1) is 0 Å². The predicted octanol–water partition coefficient (Wildman–Crippen LogP) is 4.33. The Bertz CT molecular complexity index is 1220. The van der Waals surface area contributed by atoms with Gasteiger partial charge in [0.05, 0.1) is 32.7 Å². The van der Waals surface area contributed by atoms with Crippen molar-refractivity contribution in [3.63, 3.8) is 0 Å². The Kier molecular flexibility index (Phi) is 5.71. The number of aromatic nitrogens is 1. The molecule has 1 aliphatic rings. The number of carbonyl (C=O) groups excluding carboxylic acids is 1. The molecule has 0 saturated heterocycles. The average Bonchev–Trinajstić information content (AvgIpc) is 3.17. The van der Waals surface area contributed by atoms with Crippen LogP contribution in [0.4, 0.5) is 5.69 Å². The normalized spacial score (nSPS) is 15.0. The molecule has 0 aliphatic carbocycles. The largest absolute Gasteiger partial charge is 0.493 e. The summed E-state index contributed by atoms with van der Waals surface area (Å²) >= 11 is 6.19. The lowest BCUT2D eigenvalue weighted by atomic mass is 9.87. The molecule has 9 heteroatoms. The van der Waals surface area contributed by atoms with E-state index in [9.17, 15) is 14.7 Å². The standard InChI is InChI=1S/C23H21ClN2O6/c1-30-17-8-7-14(21(31-2)22(17)32-3)15-10-18(27)25-19-16(23(28)29)11-26(20(15)19)13-6-4-5-12(24)9-13/h4-9,11,15H,10H2,1-3H3,(H,25,27)(H,28,29). The van der Waals surface area contributed by atoms with Crippen LogP contribution in [0, 0.1) is 0 Å². The van der Waals surface area contributed by atoms with Crippen molar-refractivity contribution in [1.82, 2.24) is 4.57 Å². The molecule has 1 atom stereocenters. The first-order valence-corrected chi connectivity index (χ1v) is 10.1. The summed E-state index contributed by atoms with van der Waals surface area (Å²) in [6.07, 6.45) is 1.58. The summed E-state index contributed by atoms with van der Waals surface area (Å²) in [6.45, 7) is 0. The SMILES string of the molecule is COc1ccc(C2CC(=O)Nc3c(C(=O)O)cn(-c4cccc(Cl)c4)c32)c(OC)c1OC. The number of carbonyl (C=O) groups is 2. The minimum Gasteiger partial charge on any atom is -0.493 e. The number of rotatable bonds is 6. The summed E-state index contributed by atoms with van der Waals surface area (Å²) in [6, 6.07) is 10.6. The monoisotopic (exact) mass is 456 g/mol. The molecule has 1 aliphatic heterocycles. The van der Waals surface area contributed by atoms with E-state index in [0.717, 1.165) is 0 Å². The van der Waals surface area contributed by atoms with Gasteiger partial charge in [-0.2, -0.15) is 0 Å². The van der Waals surface area contributed by atoms with Gasteiger partial charge in [-0.1, -0.05) is 23.7 Å². The first-order chi connectivity index (χ1) is 15.4. The van der Waals surface area contributed by atoms with Crippen molar-refractivity contribution in [2.45, 2.75) is 12.3 Å². The Labute approximate surface area is 189 Å². The van der Waals surface area contributed by atoms with Crippen LogP contribution in [0.25, 0.3) is 5.69 Å². The number of benzene rings is 2. The highest BCUT2D eigenvalue weighted by molar-refractivity contribution is 6.30. The van der Waals surface area contributed by atoms with E-state index >= 15 is 0 Å². The lowest BCUT2D eigenvalue weighted by Crippen LogP contribution is -2.26. The number of ether oxygens (including phenoxy) is 3. The van der Waals surface area contributed by atoms with Crippen LogP contribution < -0.4 is 19.5 Å². The highest BCUT2D eigenvalue weighted by Crippen LogP contribution is 2.49. The zero-order chi connectivity index (χ0) is 23.0. The molecule has 0 saturated carbocycles. The number of hydrogen-bond acceptors (Lipinski definition) is 5. The maximum atomic E-state index is 12.6. The number of nitrogens with zero attached hydrogens (tertiary/aromatic N) is 1. The van der Waals surface area contributed by atoms with Crippen molar-refractivity contribution in [2.75, 3.05) is 26.6 Å². The fraction of sp³-hybridized carbons (Fsp3) is 0.217. The summed E-state index contributed by atoms with van der Waals surface area (Å²) in [5.41, 5.74) is 2.17. The molecule has 32 heavy (non-hydrogen) atoms. The van der Waals surface area contributed by atoms with Gasteiger partial charge in [0.25, 0.3) is 0 Å². The van der Waals surface area contributed by atoms with Gasteiger partial charge in [0.2, 0.25) is 11.7 Å². The number of halogens is 1. The van der Waals surface area contributed by atoms with E-state index in [0.29, 0.717) is 39.2 Å². The number of fused-ring (bicyclic) bond motifs is 1. The van der Waals surface area contributed by atoms with Gasteiger partial charge in [-0.05, 0) is 24.3 Å². The molecule has 4 rings (SSSR count). The van der Waals surface area contributed by atoms with Crippen molar-refractivity contribution in [1.29, 1.82) is 0 Å². The predicted molar refractivity (Wildman–Crippen MR) is 119 cm³/mol. The van der Waals surface area contributed by atoms with Gasteiger partial charge in [0.1, 0.15) is 5.56 Å². The summed E-state index contributed by atoms with van der Waals surface area (Å²) in [5.74, 6) is -0.689. The lowest BCUT2D eigenvalue weighted by Gasteiger charge is -2.28. The van der Waals surface area contributed by atoms with Gasteiger partial charge in [-0.25, -0.2) is 4.79 Å². The van der Waals surface area contributed by atoms with Crippen molar-refractivity contribution in [3.05, 3.63) is 64.4 Å². The molecule has 2 N–H and O–H groups in total. The molecule has 0 bridgehead atoms. The van der Waals surface area contributed by atoms with E-state index in [4.69, 9.17) is 25.8 Å². The highest BCUT2D eigenvalue weighted by atomic mass is 35.5. The molecular formula is C23H21ClN2O6. The van der Waals surface area contributed by atoms with Crippen LogP contribution >= 0.6 is 11.6 Å². The molecule has 0 radical (unpaired) electrons. The number of carboxylic acid groups (broad SMARTS) is 1. The maximum absolute atomic E-state index is 12.6. The Balaban J connectivity index is 2.01. The summed E-state index contributed by atoms with van der Waals surface area (Å²) in [4.78, 5) is 24.6. The van der Waals surface area contributed by atoms with Crippen LogP contribution in [-0.2, 0) is 4.79 Å². The molecule has 0 spiro atoms. The Morgan fingerprint density at radius 1 is 1.12 bits per heavy atom. The third-order valence-electron chi connectivity index (χ3n) is 5.45. The van der Waals surface area contributed by atoms with Crippen LogP contribution in [0.1, 0.15) is 34.0 Å². The van der Waals surface area contributed by atoms with Crippen LogP contribution in [0.15, 0.2) is 42.6 Å². The Hall–Kier alpha value is -3.65. The van der Waals surface area contributed by atoms with E-state index in [2.05, 4.69) is 5.32 Å². The second-order valence-electron chi connectivity index (χ2n) is 7.19. The smallest absolute Gasteiger partial charge is 0.339 e.